The maximum Gasteiger partial charge on any atom is 0.209 e. The van der Waals surface area contributed by atoms with Gasteiger partial charge in [0.25, 0.3) is 0 Å². The summed E-state index contributed by atoms with van der Waals surface area (Å²) in [5.41, 5.74) is 3.35. The first-order valence-electron chi connectivity index (χ1n) is 11.5. The van der Waals surface area contributed by atoms with E-state index in [1.165, 1.54) is 6.26 Å². The van der Waals surface area contributed by atoms with Crippen LogP contribution >= 0.6 is 0 Å². The average molecular weight is 454 g/mol. The number of hydrogen-bond acceptors (Lipinski definition) is 5. The third-order valence-corrected chi connectivity index (χ3v) is 6.87. The van der Waals surface area contributed by atoms with Gasteiger partial charge >= 0.3 is 0 Å². The second kappa shape index (κ2) is 9.97. The minimum absolute atomic E-state index is 0.161. The Hall–Kier alpha value is -2.50. The molecule has 3 heterocycles. The number of pyridine rings is 2. The number of nitrogens with one attached hydrogen (secondary N) is 1. The van der Waals surface area contributed by atoms with E-state index in [1.807, 2.05) is 12.1 Å². The number of sulfonamides is 1. The van der Waals surface area contributed by atoms with E-state index in [9.17, 15) is 8.42 Å². The topological polar surface area (TPSA) is 89.8 Å². The molecule has 0 aliphatic heterocycles. The highest BCUT2D eigenvalue weighted by atomic mass is 32.2. The Bertz CT molecular complexity index is 1250. The summed E-state index contributed by atoms with van der Waals surface area (Å²) in [6.07, 6.45) is 13.3. The van der Waals surface area contributed by atoms with Crippen LogP contribution < -0.4 is 4.72 Å². The fourth-order valence-corrected chi connectivity index (χ4v) is 5.01. The summed E-state index contributed by atoms with van der Waals surface area (Å²) in [6, 6.07) is 4.10. The zero-order valence-corrected chi connectivity index (χ0v) is 19.7. The first-order valence-corrected chi connectivity index (χ1v) is 13.4. The molecular formula is C24H31N5O2S. The van der Waals surface area contributed by atoms with Gasteiger partial charge in [-0.2, -0.15) is 0 Å². The normalized spacial score (nSPS) is 19.2. The van der Waals surface area contributed by atoms with Crippen molar-refractivity contribution in [2.75, 3.05) is 6.26 Å². The molecule has 0 unspecified atom stereocenters. The molecule has 0 atom stereocenters. The van der Waals surface area contributed by atoms with Crippen LogP contribution in [0.1, 0.15) is 70.2 Å². The van der Waals surface area contributed by atoms with Gasteiger partial charge in [0, 0.05) is 25.1 Å². The average Bonchev–Trinajstić information content (AvgIpc) is 3.17. The lowest BCUT2D eigenvalue weighted by molar-refractivity contribution is 0.265. The van der Waals surface area contributed by atoms with Crippen molar-refractivity contribution < 1.29 is 8.42 Å². The van der Waals surface area contributed by atoms with Crippen LogP contribution in [0.3, 0.4) is 0 Å². The van der Waals surface area contributed by atoms with Gasteiger partial charge in [-0.25, -0.2) is 18.1 Å². The molecule has 0 bridgehead atoms. The number of imidazole rings is 1. The minimum Gasteiger partial charge on any atom is -0.322 e. The molecule has 1 N–H and O–H groups in total. The lowest BCUT2D eigenvalue weighted by atomic mass is 9.83. The smallest absolute Gasteiger partial charge is 0.209 e. The Morgan fingerprint density at radius 2 is 1.91 bits per heavy atom. The first kappa shape index (κ1) is 22.7. The molecule has 0 radical (unpaired) electrons. The number of rotatable bonds is 7. The Morgan fingerprint density at radius 1 is 1.12 bits per heavy atom. The molecule has 3 aromatic rings. The first-order chi connectivity index (χ1) is 15.5. The predicted molar refractivity (Wildman–Crippen MR) is 127 cm³/mol. The maximum absolute atomic E-state index is 11.7. The zero-order chi connectivity index (χ0) is 22.6. The Morgan fingerprint density at radius 3 is 2.66 bits per heavy atom. The maximum atomic E-state index is 11.7. The van der Waals surface area contributed by atoms with Crippen molar-refractivity contribution in [1.29, 1.82) is 0 Å². The standard InChI is InChI=1S/C24H31N5O2S/c1-3-4-5-6-7-9-18-11-13-19(14-12-18)29-22(17-27-32(2,30)31)28-21-16-26-20-10-8-15-25-23(20)24(21)29/h8,10,15-16,18-19,27H,3-4,7,9,11-14,17H2,1-2H3. The van der Waals surface area contributed by atoms with Gasteiger partial charge < -0.3 is 4.57 Å². The lowest BCUT2D eigenvalue weighted by Gasteiger charge is -2.30. The largest absolute Gasteiger partial charge is 0.322 e. The Kier molecular flexibility index (Phi) is 7.07. The van der Waals surface area contributed by atoms with Crippen LogP contribution in [0.25, 0.3) is 22.1 Å². The van der Waals surface area contributed by atoms with Crippen molar-refractivity contribution in [2.24, 2.45) is 5.92 Å². The third kappa shape index (κ3) is 5.28. The quantitative estimate of drug-likeness (QED) is 0.538. The van der Waals surface area contributed by atoms with Crippen molar-refractivity contribution in [3.05, 3.63) is 30.4 Å². The molecule has 170 valence electrons. The van der Waals surface area contributed by atoms with Gasteiger partial charge in [0.2, 0.25) is 10.0 Å². The third-order valence-electron chi connectivity index (χ3n) is 6.20. The van der Waals surface area contributed by atoms with Crippen LogP contribution in [-0.4, -0.2) is 34.2 Å². The highest BCUT2D eigenvalue weighted by Crippen LogP contribution is 2.38. The Balaban J connectivity index is 1.60. The van der Waals surface area contributed by atoms with Gasteiger partial charge in [-0.05, 0) is 56.6 Å². The van der Waals surface area contributed by atoms with Crippen molar-refractivity contribution in [1.82, 2.24) is 24.2 Å². The fourth-order valence-electron chi connectivity index (χ4n) is 4.62. The SMILES string of the molecule is CCCC#CCCC1CCC(n2c(CNS(C)(=O)=O)nc3cnc4cccnc4c32)CC1. The van der Waals surface area contributed by atoms with E-state index in [2.05, 4.69) is 38.0 Å². The molecule has 1 fully saturated rings. The van der Waals surface area contributed by atoms with Crippen LogP contribution in [0.2, 0.25) is 0 Å². The van der Waals surface area contributed by atoms with Crippen LogP contribution in [0.4, 0.5) is 0 Å². The summed E-state index contributed by atoms with van der Waals surface area (Å²) in [5.74, 6) is 7.98. The molecule has 0 aromatic carbocycles. The second-order valence-corrected chi connectivity index (χ2v) is 10.5. The van der Waals surface area contributed by atoms with E-state index >= 15 is 0 Å². The number of unbranched alkanes of at least 4 members (excludes halogenated alkanes) is 1. The van der Waals surface area contributed by atoms with E-state index in [0.717, 1.165) is 79.3 Å². The number of hydrogen-bond donors (Lipinski definition) is 1. The van der Waals surface area contributed by atoms with Crippen molar-refractivity contribution in [3.8, 4) is 11.8 Å². The van der Waals surface area contributed by atoms with Gasteiger partial charge in [-0.3, -0.25) is 9.97 Å². The highest BCUT2D eigenvalue weighted by Gasteiger charge is 2.27. The van der Waals surface area contributed by atoms with Crippen molar-refractivity contribution >= 4 is 32.1 Å². The van der Waals surface area contributed by atoms with Gasteiger partial charge in [0.05, 0.1) is 30.0 Å². The molecule has 0 spiro atoms. The van der Waals surface area contributed by atoms with Crippen LogP contribution in [0.15, 0.2) is 24.5 Å². The molecule has 3 aromatic heterocycles. The summed E-state index contributed by atoms with van der Waals surface area (Å²) >= 11 is 0. The molecule has 0 saturated heterocycles. The molecule has 0 amide bonds. The summed E-state index contributed by atoms with van der Waals surface area (Å²) in [4.78, 5) is 13.8. The van der Waals surface area contributed by atoms with Crippen LogP contribution in [0, 0.1) is 17.8 Å². The number of fused-ring (bicyclic) bond motifs is 3. The second-order valence-electron chi connectivity index (χ2n) is 8.67. The van der Waals surface area contributed by atoms with Crippen LogP contribution in [0.5, 0.6) is 0 Å². The number of nitrogens with zero attached hydrogens (tertiary/aromatic N) is 4. The van der Waals surface area contributed by atoms with E-state index < -0.39 is 10.0 Å². The van der Waals surface area contributed by atoms with Crippen molar-refractivity contribution in [2.45, 2.75) is 70.9 Å². The molecule has 1 aliphatic rings. The molecule has 4 rings (SSSR count). The van der Waals surface area contributed by atoms with E-state index in [4.69, 9.17) is 4.98 Å². The number of aromatic nitrogens is 4. The lowest BCUT2D eigenvalue weighted by Crippen LogP contribution is -2.26. The minimum atomic E-state index is -3.32. The molecule has 8 heteroatoms. The van der Waals surface area contributed by atoms with Gasteiger partial charge in [-0.1, -0.05) is 6.92 Å². The Labute approximate surface area is 190 Å². The van der Waals surface area contributed by atoms with Crippen molar-refractivity contribution in [3.63, 3.8) is 0 Å². The highest BCUT2D eigenvalue weighted by molar-refractivity contribution is 7.88. The molecule has 7 nitrogen and oxygen atoms in total. The monoisotopic (exact) mass is 453 g/mol. The summed E-state index contributed by atoms with van der Waals surface area (Å²) in [5, 5.41) is 0. The van der Waals surface area contributed by atoms with E-state index in [0.29, 0.717) is 5.92 Å². The summed E-state index contributed by atoms with van der Waals surface area (Å²) < 4.78 is 28.3. The van der Waals surface area contributed by atoms with E-state index in [-0.39, 0.29) is 12.6 Å². The zero-order valence-electron chi connectivity index (χ0n) is 18.8. The fraction of sp³-hybridized carbons (Fsp3) is 0.542. The summed E-state index contributed by atoms with van der Waals surface area (Å²) in [6.45, 7) is 2.32. The van der Waals surface area contributed by atoms with Crippen LogP contribution in [-0.2, 0) is 16.6 Å². The van der Waals surface area contributed by atoms with Gasteiger partial charge in [-0.15, -0.1) is 11.8 Å². The van der Waals surface area contributed by atoms with Gasteiger partial charge in [0.1, 0.15) is 16.9 Å². The molecular weight excluding hydrogens is 422 g/mol. The molecule has 1 saturated carbocycles. The predicted octanol–water partition coefficient (Wildman–Crippen LogP) is 4.34. The summed E-state index contributed by atoms with van der Waals surface area (Å²) in [7, 11) is -3.32. The van der Waals surface area contributed by atoms with E-state index in [1.54, 1.807) is 12.4 Å². The molecule has 32 heavy (non-hydrogen) atoms. The molecule has 1 aliphatic carbocycles. The van der Waals surface area contributed by atoms with Gasteiger partial charge in [0.15, 0.2) is 0 Å².